The van der Waals surface area contributed by atoms with Gasteiger partial charge < -0.3 is 20.3 Å². The van der Waals surface area contributed by atoms with Crippen LogP contribution in [0.5, 0.6) is 5.88 Å². The van der Waals surface area contributed by atoms with Gasteiger partial charge in [0.2, 0.25) is 11.8 Å². The van der Waals surface area contributed by atoms with Crippen LogP contribution in [0.15, 0.2) is 30.5 Å². The zero-order valence-corrected chi connectivity index (χ0v) is 21.0. The van der Waals surface area contributed by atoms with Gasteiger partial charge in [0.15, 0.2) is 5.69 Å². The van der Waals surface area contributed by atoms with Gasteiger partial charge in [0.1, 0.15) is 5.56 Å². The molecule has 3 heterocycles. The van der Waals surface area contributed by atoms with Crippen LogP contribution in [0, 0.1) is 5.92 Å². The van der Waals surface area contributed by atoms with Gasteiger partial charge in [-0.1, -0.05) is 12.5 Å². The second kappa shape index (κ2) is 9.99. The lowest BCUT2D eigenvalue weighted by molar-refractivity contribution is -0.170. The van der Waals surface area contributed by atoms with Crippen molar-refractivity contribution in [2.75, 3.05) is 27.2 Å². The fourth-order valence-electron chi connectivity index (χ4n) is 5.16. The lowest BCUT2D eigenvalue weighted by Crippen LogP contribution is -2.60. The van der Waals surface area contributed by atoms with Crippen molar-refractivity contribution in [3.63, 3.8) is 0 Å². The first-order chi connectivity index (χ1) is 18.2. The van der Waals surface area contributed by atoms with Crippen LogP contribution in [0.2, 0.25) is 0 Å². The van der Waals surface area contributed by atoms with E-state index in [1.807, 2.05) is 12.1 Å². The minimum atomic E-state index is -2.80. The fraction of sp³-hybridized carbons (Fsp3) is 0.423. The Morgan fingerprint density at radius 3 is 2.63 bits per heavy atom. The number of rotatable bonds is 6. The van der Waals surface area contributed by atoms with E-state index >= 15 is 0 Å². The number of benzene rings is 1. The Morgan fingerprint density at radius 2 is 1.92 bits per heavy atom. The van der Waals surface area contributed by atoms with Crippen LogP contribution < -0.4 is 15.4 Å². The number of likely N-dealkylation sites (tertiary alicyclic amines) is 1. The smallest absolute Gasteiger partial charge is 0.282 e. The van der Waals surface area contributed by atoms with Gasteiger partial charge in [0.05, 0.1) is 25.7 Å². The number of hydrogen-bond donors (Lipinski definition) is 3. The molecule has 12 heteroatoms. The first-order valence-electron chi connectivity index (χ1n) is 12.4. The summed E-state index contributed by atoms with van der Waals surface area (Å²) >= 11 is 0. The molecule has 0 spiro atoms. The van der Waals surface area contributed by atoms with E-state index in [-0.39, 0.29) is 35.0 Å². The minimum Gasteiger partial charge on any atom is -0.480 e. The summed E-state index contributed by atoms with van der Waals surface area (Å²) in [5, 5.41) is 13.1. The number of amides is 3. The van der Waals surface area contributed by atoms with Crippen molar-refractivity contribution < 1.29 is 27.9 Å². The number of carbonyl (C=O) groups is 3. The molecule has 200 valence electrons. The van der Waals surface area contributed by atoms with E-state index in [2.05, 4.69) is 25.8 Å². The summed E-state index contributed by atoms with van der Waals surface area (Å²) in [6.07, 6.45) is 4.00. The van der Waals surface area contributed by atoms with Crippen molar-refractivity contribution in [3.05, 3.63) is 41.7 Å². The average molecular weight is 527 g/mol. The molecule has 1 saturated heterocycles. The fourth-order valence-corrected chi connectivity index (χ4v) is 5.16. The number of hydrogen-bond acceptors (Lipinski definition) is 6. The van der Waals surface area contributed by atoms with Gasteiger partial charge in [0.25, 0.3) is 17.7 Å². The maximum absolute atomic E-state index is 13.3. The van der Waals surface area contributed by atoms with Crippen molar-refractivity contribution >= 4 is 28.6 Å². The van der Waals surface area contributed by atoms with Gasteiger partial charge in [-0.25, -0.2) is 13.8 Å². The van der Waals surface area contributed by atoms with Gasteiger partial charge in [0, 0.05) is 36.2 Å². The van der Waals surface area contributed by atoms with Crippen LogP contribution in [-0.2, 0) is 4.79 Å². The van der Waals surface area contributed by atoms with E-state index in [0.29, 0.717) is 42.1 Å². The Kier molecular flexibility index (Phi) is 6.72. The van der Waals surface area contributed by atoms with Crippen molar-refractivity contribution in [2.45, 2.75) is 37.6 Å². The first-order valence-corrected chi connectivity index (χ1v) is 12.4. The molecule has 2 aromatic heterocycles. The molecule has 2 fully saturated rings. The summed E-state index contributed by atoms with van der Waals surface area (Å²) in [4.78, 5) is 43.4. The number of fused-ring (bicyclic) bond motifs is 1. The Bertz CT molecular complexity index is 1400. The van der Waals surface area contributed by atoms with Crippen LogP contribution in [0.25, 0.3) is 22.0 Å². The van der Waals surface area contributed by atoms with Crippen LogP contribution in [0.3, 0.4) is 0 Å². The third-order valence-electron chi connectivity index (χ3n) is 7.14. The number of H-pyrrole nitrogens is 1. The summed E-state index contributed by atoms with van der Waals surface area (Å²) in [5.41, 5.74) is 2.58. The summed E-state index contributed by atoms with van der Waals surface area (Å²) in [5.74, 6) is -4.01. The number of alkyl halides is 2. The molecule has 3 N–H and O–H groups in total. The Balaban J connectivity index is 1.32. The number of aromatic amines is 1. The number of methoxy groups -OCH3 is 1. The van der Waals surface area contributed by atoms with Crippen molar-refractivity contribution in [1.29, 1.82) is 0 Å². The van der Waals surface area contributed by atoms with E-state index in [0.717, 1.165) is 5.56 Å². The van der Waals surface area contributed by atoms with Gasteiger partial charge in [-0.2, -0.15) is 5.10 Å². The Hall–Kier alpha value is -4.09. The highest BCUT2D eigenvalue weighted by Gasteiger charge is 2.48. The summed E-state index contributed by atoms with van der Waals surface area (Å²) in [7, 11) is 2.96. The number of carbonyl (C=O) groups excluding carboxylic acids is 3. The topological polar surface area (TPSA) is 129 Å². The Morgan fingerprint density at radius 1 is 1.13 bits per heavy atom. The number of pyridine rings is 1. The summed E-state index contributed by atoms with van der Waals surface area (Å²) in [6.45, 7) is -1.07. The van der Waals surface area contributed by atoms with Crippen molar-refractivity contribution in [3.8, 4) is 17.0 Å². The third-order valence-corrected chi connectivity index (χ3v) is 7.14. The molecule has 0 radical (unpaired) electrons. The van der Waals surface area contributed by atoms with E-state index in [9.17, 15) is 23.2 Å². The summed E-state index contributed by atoms with van der Waals surface area (Å²) in [6, 6.07) is 6.80. The number of ether oxygens (including phenoxy) is 1. The van der Waals surface area contributed by atoms with Gasteiger partial charge in [-0.3, -0.25) is 19.5 Å². The second-order valence-electron chi connectivity index (χ2n) is 9.78. The largest absolute Gasteiger partial charge is 0.480 e. The van der Waals surface area contributed by atoms with Gasteiger partial charge >= 0.3 is 0 Å². The molecule has 3 amide bonds. The molecule has 38 heavy (non-hydrogen) atoms. The first kappa shape index (κ1) is 25.6. The molecule has 1 aliphatic heterocycles. The lowest BCUT2D eigenvalue weighted by atomic mass is 9.84. The number of halogens is 2. The van der Waals surface area contributed by atoms with Crippen LogP contribution >= 0.6 is 0 Å². The van der Waals surface area contributed by atoms with Gasteiger partial charge in [-0.15, -0.1) is 0 Å². The molecule has 2 unspecified atom stereocenters. The molecular weight excluding hydrogens is 498 g/mol. The third kappa shape index (κ3) is 4.90. The van der Waals surface area contributed by atoms with Crippen molar-refractivity contribution in [1.82, 2.24) is 30.7 Å². The average Bonchev–Trinajstić information content (AvgIpc) is 3.34. The highest BCUT2D eigenvalue weighted by atomic mass is 19.3. The molecular formula is C26H28F2N6O4. The molecule has 2 atom stereocenters. The molecule has 10 nitrogen and oxygen atoms in total. The van der Waals surface area contributed by atoms with Crippen LogP contribution in [0.4, 0.5) is 8.78 Å². The SMILES string of the molecule is CNC(=O)c1n[nH]c2cc(-c3cnc(OC)c(C(=O)NC4CCCC(C(=O)N5CC(F)(F)C5)C4)c3)ccc12. The molecule has 1 aliphatic carbocycles. The summed E-state index contributed by atoms with van der Waals surface area (Å²) < 4.78 is 31.8. The van der Waals surface area contributed by atoms with E-state index < -0.39 is 30.8 Å². The van der Waals surface area contributed by atoms with E-state index in [1.165, 1.54) is 19.1 Å². The lowest BCUT2D eigenvalue weighted by Gasteiger charge is -2.41. The normalized spacial score (nSPS) is 20.5. The van der Waals surface area contributed by atoms with E-state index in [1.54, 1.807) is 18.3 Å². The molecule has 0 bridgehead atoms. The molecule has 5 rings (SSSR count). The maximum atomic E-state index is 13.3. The highest BCUT2D eigenvalue weighted by Crippen LogP contribution is 2.33. The number of nitrogens with zero attached hydrogens (tertiary/aromatic N) is 3. The molecule has 2 aliphatic rings. The predicted molar refractivity (Wildman–Crippen MR) is 134 cm³/mol. The van der Waals surface area contributed by atoms with Gasteiger partial charge in [-0.05, 0) is 43.0 Å². The molecule has 3 aromatic rings. The van der Waals surface area contributed by atoms with Crippen LogP contribution in [-0.4, -0.2) is 77.0 Å². The molecule has 1 aromatic carbocycles. The quantitative estimate of drug-likeness (QED) is 0.453. The Labute approximate surface area is 217 Å². The van der Waals surface area contributed by atoms with Crippen LogP contribution in [0.1, 0.15) is 46.5 Å². The highest BCUT2D eigenvalue weighted by molar-refractivity contribution is 6.05. The van der Waals surface area contributed by atoms with Crippen molar-refractivity contribution in [2.24, 2.45) is 5.92 Å². The van der Waals surface area contributed by atoms with E-state index in [4.69, 9.17) is 4.74 Å². The zero-order chi connectivity index (χ0) is 27.0. The second-order valence-corrected chi connectivity index (χ2v) is 9.78. The monoisotopic (exact) mass is 526 g/mol. The minimum absolute atomic E-state index is 0.155. The molecule has 1 saturated carbocycles. The maximum Gasteiger partial charge on any atom is 0.282 e. The predicted octanol–water partition coefficient (Wildman–Crippen LogP) is 2.76. The zero-order valence-electron chi connectivity index (χ0n) is 21.0. The number of nitrogens with one attached hydrogen (secondary N) is 3. The number of aromatic nitrogens is 3. The standard InChI is InChI=1S/C26H28F2N6O4/c1-29-23(36)21-18-7-6-14(10-20(18)32-33-21)16-9-19(24(38-2)30-11-16)22(35)31-17-5-3-4-15(8-17)25(37)34-12-26(27,28)13-34/h6-7,9-11,15,17H,3-5,8,12-13H2,1-2H3,(H,29,36)(H,31,35)(H,32,33).